The number of hydrogen-bond acceptors (Lipinski definition) is 5. The first-order valence-corrected chi connectivity index (χ1v) is 5.87. The molecule has 2 heterocycles. The van der Waals surface area contributed by atoms with Crippen LogP contribution in [0.1, 0.15) is 12.6 Å². The van der Waals surface area contributed by atoms with E-state index in [1.54, 1.807) is 13.4 Å². The first-order chi connectivity index (χ1) is 8.19. The minimum absolute atomic E-state index is 0.110. The van der Waals surface area contributed by atoms with Crippen molar-refractivity contribution in [1.29, 1.82) is 0 Å². The number of aromatic nitrogens is 2. The smallest absolute Gasteiger partial charge is 0.132 e. The molecule has 2 rings (SSSR count). The summed E-state index contributed by atoms with van der Waals surface area (Å²) >= 11 is 0. The highest BCUT2D eigenvalue weighted by atomic mass is 16.5. The number of hydrogen-bond donors (Lipinski definition) is 0. The topological polar surface area (TPSA) is 47.5 Å². The van der Waals surface area contributed by atoms with Gasteiger partial charge in [0, 0.05) is 32.0 Å². The quantitative estimate of drug-likeness (QED) is 0.785. The molecule has 0 amide bonds. The van der Waals surface area contributed by atoms with E-state index in [9.17, 15) is 0 Å². The third kappa shape index (κ3) is 3.14. The van der Waals surface area contributed by atoms with Crippen molar-refractivity contribution in [2.75, 3.05) is 31.7 Å². The van der Waals surface area contributed by atoms with Crippen LogP contribution in [0.2, 0.25) is 0 Å². The Balaban J connectivity index is 2.09. The van der Waals surface area contributed by atoms with Crippen molar-refractivity contribution in [2.24, 2.45) is 0 Å². The minimum atomic E-state index is 0.110. The molecule has 0 N–H and O–H groups in total. The SMILES string of the molecule is COCC1CN(c2cc(C)ncn2)CC(C)O1. The van der Waals surface area contributed by atoms with Gasteiger partial charge in [-0.25, -0.2) is 9.97 Å². The standard InChI is InChI=1S/C12H19N3O2/c1-9-4-12(14-8-13-9)15-5-10(2)17-11(6-15)7-16-3/h4,8,10-11H,5-7H2,1-3H3. The summed E-state index contributed by atoms with van der Waals surface area (Å²) in [6.07, 6.45) is 1.91. The van der Waals surface area contributed by atoms with Crippen LogP contribution in [0.5, 0.6) is 0 Å². The molecule has 1 saturated heterocycles. The van der Waals surface area contributed by atoms with Crippen LogP contribution >= 0.6 is 0 Å². The molecular formula is C12H19N3O2. The van der Waals surface area contributed by atoms with Crippen molar-refractivity contribution in [3.05, 3.63) is 18.1 Å². The zero-order valence-electron chi connectivity index (χ0n) is 10.6. The Hall–Kier alpha value is -1.20. The van der Waals surface area contributed by atoms with Crippen molar-refractivity contribution >= 4 is 5.82 Å². The predicted molar refractivity (Wildman–Crippen MR) is 65.2 cm³/mol. The normalized spacial score (nSPS) is 25.0. The van der Waals surface area contributed by atoms with Crippen molar-refractivity contribution in [3.63, 3.8) is 0 Å². The molecule has 1 aromatic heterocycles. The van der Waals surface area contributed by atoms with Crippen LogP contribution in [-0.2, 0) is 9.47 Å². The number of aryl methyl sites for hydroxylation is 1. The van der Waals surface area contributed by atoms with Crippen molar-refractivity contribution < 1.29 is 9.47 Å². The van der Waals surface area contributed by atoms with Crippen LogP contribution < -0.4 is 4.90 Å². The van der Waals surface area contributed by atoms with Crippen molar-refractivity contribution in [2.45, 2.75) is 26.1 Å². The van der Waals surface area contributed by atoms with Crippen molar-refractivity contribution in [1.82, 2.24) is 9.97 Å². The van der Waals surface area contributed by atoms with Gasteiger partial charge in [0.25, 0.3) is 0 Å². The lowest BCUT2D eigenvalue weighted by Crippen LogP contribution is -2.48. The van der Waals surface area contributed by atoms with E-state index in [1.165, 1.54) is 0 Å². The Morgan fingerprint density at radius 2 is 2.29 bits per heavy atom. The average molecular weight is 237 g/mol. The number of anilines is 1. The van der Waals surface area contributed by atoms with Gasteiger partial charge in [-0.3, -0.25) is 0 Å². The van der Waals surface area contributed by atoms with Gasteiger partial charge in [-0.1, -0.05) is 0 Å². The third-order valence-electron chi connectivity index (χ3n) is 2.79. The molecule has 0 bridgehead atoms. The second-order valence-electron chi connectivity index (χ2n) is 4.45. The Kier molecular flexibility index (Phi) is 3.91. The van der Waals surface area contributed by atoms with Gasteiger partial charge < -0.3 is 14.4 Å². The largest absolute Gasteiger partial charge is 0.382 e. The van der Waals surface area contributed by atoms with E-state index in [0.29, 0.717) is 6.61 Å². The number of nitrogens with zero attached hydrogens (tertiary/aromatic N) is 3. The molecule has 94 valence electrons. The molecular weight excluding hydrogens is 218 g/mol. The predicted octanol–water partition coefficient (Wildman–Crippen LogP) is 1.03. The summed E-state index contributed by atoms with van der Waals surface area (Å²) < 4.78 is 11.0. The van der Waals surface area contributed by atoms with Gasteiger partial charge in [0.05, 0.1) is 18.8 Å². The van der Waals surface area contributed by atoms with Gasteiger partial charge in [-0.15, -0.1) is 0 Å². The lowest BCUT2D eigenvalue weighted by atomic mass is 10.2. The molecule has 0 aromatic carbocycles. The Bertz CT molecular complexity index is 373. The highest BCUT2D eigenvalue weighted by Crippen LogP contribution is 2.18. The first-order valence-electron chi connectivity index (χ1n) is 5.87. The summed E-state index contributed by atoms with van der Waals surface area (Å²) in [5.74, 6) is 0.966. The van der Waals surface area contributed by atoms with Crippen molar-refractivity contribution in [3.8, 4) is 0 Å². The van der Waals surface area contributed by atoms with Crippen LogP contribution in [0.4, 0.5) is 5.82 Å². The van der Waals surface area contributed by atoms with E-state index in [2.05, 4.69) is 21.8 Å². The zero-order chi connectivity index (χ0) is 12.3. The van der Waals surface area contributed by atoms with Crippen LogP contribution in [0.15, 0.2) is 12.4 Å². The molecule has 0 saturated carbocycles. The van der Waals surface area contributed by atoms with Gasteiger partial charge in [-0.05, 0) is 13.8 Å². The summed E-state index contributed by atoms with van der Waals surface area (Å²) in [6.45, 7) is 6.33. The van der Waals surface area contributed by atoms with E-state index in [4.69, 9.17) is 9.47 Å². The third-order valence-corrected chi connectivity index (χ3v) is 2.79. The van der Waals surface area contributed by atoms with Gasteiger partial charge in [-0.2, -0.15) is 0 Å². The summed E-state index contributed by atoms with van der Waals surface area (Å²) in [5.41, 5.74) is 0.984. The molecule has 0 spiro atoms. The van der Waals surface area contributed by atoms with Crippen LogP contribution in [0, 0.1) is 6.92 Å². The maximum Gasteiger partial charge on any atom is 0.132 e. The molecule has 1 fully saturated rings. The molecule has 1 aliphatic heterocycles. The van der Waals surface area contributed by atoms with E-state index < -0.39 is 0 Å². The molecule has 0 radical (unpaired) electrons. The summed E-state index contributed by atoms with van der Waals surface area (Å²) in [7, 11) is 1.70. The van der Waals surface area contributed by atoms with E-state index in [1.807, 2.05) is 13.0 Å². The lowest BCUT2D eigenvalue weighted by molar-refractivity contribution is -0.0512. The zero-order valence-corrected chi connectivity index (χ0v) is 10.6. The monoisotopic (exact) mass is 237 g/mol. The number of ether oxygens (including phenoxy) is 2. The van der Waals surface area contributed by atoms with Gasteiger partial charge in [0.2, 0.25) is 0 Å². The average Bonchev–Trinajstić information content (AvgIpc) is 2.28. The van der Waals surface area contributed by atoms with Gasteiger partial charge in [0.15, 0.2) is 0 Å². The van der Waals surface area contributed by atoms with Gasteiger partial charge >= 0.3 is 0 Å². The maximum absolute atomic E-state index is 5.80. The fourth-order valence-corrected chi connectivity index (χ4v) is 2.12. The summed E-state index contributed by atoms with van der Waals surface area (Å²) in [5, 5.41) is 0. The Labute approximate surface area is 102 Å². The fourth-order valence-electron chi connectivity index (χ4n) is 2.12. The molecule has 1 aliphatic rings. The molecule has 5 heteroatoms. The maximum atomic E-state index is 5.80. The molecule has 5 nitrogen and oxygen atoms in total. The first kappa shape index (κ1) is 12.3. The molecule has 0 aliphatic carbocycles. The molecule has 17 heavy (non-hydrogen) atoms. The molecule has 2 unspecified atom stereocenters. The lowest BCUT2D eigenvalue weighted by Gasteiger charge is -2.37. The van der Waals surface area contributed by atoms with E-state index >= 15 is 0 Å². The highest BCUT2D eigenvalue weighted by Gasteiger charge is 2.26. The summed E-state index contributed by atoms with van der Waals surface area (Å²) in [4.78, 5) is 10.7. The van der Waals surface area contributed by atoms with Crippen LogP contribution in [-0.4, -0.2) is 49.0 Å². The van der Waals surface area contributed by atoms with Crippen LogP contribution in [0.25, 0.3) is 0 Å². The van der Waals surface area contributed by atoms with E-state index in [0.717, 1.165) is 24.6 Å². The minimum Gasteiger partial charge on any atom is -0.382 e. The highest BCUT2D eigenvalue weighted by molar-refractivity contribution is 5.39. The van der Waals surface area contributed by atoms with E-state index in [-0.39, 0.29) is 12.2 Å². The molecule has 2 atom stereocenters. The second-order valence-corrected chi connectivity index (χ2v) is 4.45. The second kappa shape index (κ2) is 5.42. The Morgan fingerprint density at radius 3 is 3.00 bits per heavy atom. The number of methoxy groups -OCH3 is 1. The Morgan fingerprint density at radius 1 is 1.47 bits per heavy atom. The number of rotatable bonds is 3. The molecule has 1 aromatic rings. The van der Waals surface area contributed by atoms with Gasteiger partial charge in [0.1, 0.15) is 12.1 Å². The summed E-state index contributed by atoms with van der Waals surface area (Å²) in [6, 6.07) is 2.00. The van der Waals surface area contributed by atoms with Crippen LogP contribution in [0.3, 0.4) is 0 Å². The fraction of sp³-hybridized carbons (Fsp3) is 0.667. The number of morpholine rings is 1.